The van der Waals surface area contributed by atoms with Crippen LogP contribution in [0.1, 0.15) is 41.0 Å². The van der Waals surface area contributed by atoms with Crippen molar-refractivity contribution in [1.82, 2.24) is 15.1 Å². The first-order valence-corrected chi connectivity index (χ1v) is 7.41. The first kappa shape index (κ1) is 19.7. The molecule has 0 aliphatic rings. The van der Waals surface area contributed by atoms with Gasteiger partial charge in [0.05, 0.1) is 11.0 Å². The molecule has 0 spiro atoms. The highest BCUT2D eigenvalue weighted by atomic mass is 16.4. The third kappa shape index (κ3) is 5.53. The SMILES string of the molecule is CCN(CCCN(C)C)C(=O)NC(C)(C)C(C)(C)C(=O)O. The maximum atomic E-state index is 12.3. The molecule has 0 saturated carbocycles. The Balaban J connectivity index is 4.72. The van der Waals surface area contributed by atoms with Crippen LogP contribution in [0.4, 0.5) is 4.79 Å². The van der Waals surface area contributed by atoms with E-state index in [2.05, 4.69) is 10.2 Å². The van der Waals surface area contributed by atoms with Gasteiger partial charge in [-0.1, -0.05) is 0 Å². The minimum atomic E-state index is -1.05. The fourth-order valence-electron chi connectivity index (χ4n) is 1.75. The molecule has 0 bridgehead atoms. The number of amides is 2. The Kier molecular flexibility index (Phi) is 7.16. The van der Waals surface area contributed by atoms with Gasteiger partial charge in [-0.3, -0.25) is 4.79 Å². The van der Waals surface area contributed by atoms with E-state index >= 15 is 0 Å². The number of hydrogen-bond acceptors (Lipinski definition) is 3. The highest BCUT2D eigenvalue weighted by Crippen LogP contribution is 2.30. The number of carbonyl (C=O) groups is 2. The molecule has 0 aromatic carbocycles. The van der Waals surface area contributed by atoms with Gasteiger partial charge in [0.1, 0.15) is 0 Å². The summed E-state index contributed by atoms with van der Waals surface area (Å²) < 4.78 is 0. The Labute approximate surface area is 128 Å². The summed E-state index contributed by atoms with van der Waals surface area (Å²) >= 11 is 0. The average Bonchev–Trinajstić information content (AvgIpc) is 2.33. The van der Waals surface area contributed by atoms with Gasteiger partial charge in [-0.15, -0.1) is 0 Å². The molecule has 0 aliphatic carbocycles. The summed E-state index contributed by atoms with van der Waals surface area (Å²) in [6.45, 7) is 10.8. The molecule has 0 rings (SSSR count). The molecule has 0 radical (unpaired) electrons. The molecule has 2 amide bonds. The summed E-state index contributed by atoms with van der Waals surface area (Å²) in [4.78, 5) is 27.5. The third-order valence-electron chi connectivity index (χ3n) is 4.22. The van der Waals surface area contributed by atoms with Crippen LogP contribution in [0.25, 0.3) is 0 Å². The second-order valence-corrected chi connectivity index (χ2v) is 6.72. The predicted octanol–water partition coefficient (Wildman–Crippen LogP) is 1.86. The van der Waals surface area contributed by atoms with Crippen LogP contribution in [0.5, 0.6) is 0 Å². The molecule has 0 atom stereocenters. The highest BCUT2D eigenvalue weighted by molar-refractivity contribution is 5.79. The molecular weight excluding hydrogens is 270 g/mol. The molecule has 0 aromatic heterocycles. The van der Waals surface area contributed by atoms with Crippen molar-refractivity contribution in [2.75, 3.05) is 33.7 Å². The Bertz CT molecular complexity index is 365. The molecule has 0 fully saturated rings. The van der Waals surface area contributed by atoms with E-state index in [1.807, 2.05) is 21.0 Å². The van der Waals surface area contributed by atoms with Crippen molar-refractivity contribution in [1.29, 1.82) is 0 Å². The number of urea groups is 1. The number of rotatable bonds is 8. The van der Waals surface area contributed by atoms with E-state index in [-0.39, 0.29) is 6.03 Å². The normalized spacial score (nSPS) is 12.4. The van der Waals surface area contributed by atoms with Crippen molar-refractivity contribution in [3.05, 3.63) is 0 Å². The van der Waals surface area contributed by atoms with E-state index in [9.17, 15) is 14.7 Å². The summed E-state index contributed by atoms with van der Waals surface area (Å²) in [7, 11) is 3.99. The largest absolute Gasteiger partial charge is 0.481 e. The first-order chi connectivity index (χ1) is 9.45. The van der Waals surface area contributed by atoms with E-state index < -0.39 is 16.9 Å². The maximum absolute atomic E-state index is 12.3. The van der Waals surface area contributed by atoms with Crippen molar-refractivity contribution >= 4 is 12.0 Å². The smallest absolute Gasteiger partial charge is 0.317 e. The number of carbonyl (C=O) groups excluding carboxylic acids is 1. The zero-order valence-electron chi connectivity index (χ0n) is 14.5. The van der Waals surface area contributed by atoms with Gasteiger partial charge in [0.2, 0.25) is 0 Å². The van der Waals surface area contributed by atoms with Gasteiger partial charge in [-0.2, -0.15) is 0 Å². The van der Waals surface area contributed by atoms with Crippen molar-refractivity contribution in [3.63, 3.8) is 0 Å². The lowest BCUT2D eigenvalue weighted by Gasteiger charge is -2.40. The number of carboxylic acids is 1. The van der Waals surface area contributed by atoms with Crippen LogP contribution >= 0.6 is 0 Å². The zero-order valence-corrected chi connectivity index (χ0v) is 14.5. The van der Waals surface area contributed by atoms with Gasteiger partial charge in [-0.25, -0.2) is 4.79 Å². The van der Waals surface area contributed by atoms with Gasteiger partial charge in [0.25, 0.3) is 0 Å². The third-order valence-corrected chi connectivity index (χ3v) is 4.22. The van der Waals surface area contributed by atoms with Crippen LogP contribution in [-0.4, -0.2) is 66.2 Å². The molecule has 0 heterocycles. The Hall–Kier alpha value is -1.30. The van der Waals surface area contributed by atoms with Crippen molar-refractivity contribution in [2.24, 2.45) is 5.41 Å². The lowest BCUT2D eigenvalue weighted by atomic mass is 9.74. The Morgan fingerprint density at radius 1 is 1.10 bits per heavy atom. The number of hydrogen-bond donors (Lipinski definition) is 2. The zero-order chi connectivity index (χ0) is 16.8. The lowest BCUT2D eigenvalue weighted by molar-refractivity contribution is -0.150. The van der Waals surface area contributed by atoms with Crippen molar-refractivity contribution < 1.29 is 14.7 Å². The average molecular weight is 301 g/mol. The minimum Gasteiger partial charge on any atom is -0.481 e. The molecule has 0 unspecified atom stereocenters. The molecule has 124 valence electrons. The molecule has 0 aromatic rings. The van der Waals surface area contributed by atoms with E-state index in [0.29, 0.717) is 13.1 Å². The quantitative estimate of drug-likeness (QED) is 0.718. The fraction of sp³-hybridized carbons (Fsp3) is 0.867. The van der Waals surface area contributed by atoms with E-state index in [0.717, 1.165) is 13.0 Å². The standard InChI is InChI=1S/C15H31N3O3/c1-8-18(11-9-10-17(6)7)13(21)16-15(4,5)14(2,3)12(19)20/h8-11H2,1-7H3,(H,16,21)(H,19,20). The topological polar surface area (TPSA) is 72.9 Å². The van der Waals surface area contributed by atoms with Gasteiger partial charge >= 0.3 is 12.0 Å². The Morgan fingerprint density at radius 3 is 2.00 bits per heavy atom. The highest BCUT2D eigenvalue weighted by Gasteiger charge is 2.44. The summed E-state index contributed by atoms with van der Waals surface area (Å²) in [6, 6.07) is -0.212. The summed E-state index contributed by atoms with van der Waals surface area (Å²) in [5.41, 5.74) is -1.89. The van der Waals surface area contributed by atoms with Gasteiger partial charge in [0, 0.05) is 13.1 Å². The lowest BCUT2D eigenvalue weighted by Crippen LogP contribution is -2.59. The maximum Gasteiger partial charge on any atom is 0.317 e. The molecule has 21 heavy (non-hydrogen) atoms. The Morgan fingerprint density at radius 2 is 1.62 bits per heavy atom. The van der Waals surface area contributed by atoms with Gasteiger partial charge < -0.3 is 20.2 Å². The fourth-order valence-corrected chi connectivity index (χ4v) is 1.75. The molecule has 2 N–H and O–H groups in total. The second kappa shape index (κ2) is 7.64. The molecule has 0 aliphatic heterocycles. The number of carboxylic acid groups (broad SMARTS) is 1. The second-order valence-electron chi connectivity index (χ2n) is 6.72. The number of aliphatic carboxylic acids is 1. The molecule has 0 saturated heterocycles. The van der Waals surface area contributed by atoms with Crippen LogP contribution in [0.3, 0.4) is 0 Å². The summed E-state index contributed by atoms with van der Waals surface area (Å²) in [5, 5.41) is 12.2. The van der Waals surface area contributed by atoms with Gasteiger partial charge in [-0.05, 0) is 61.7 Å². The number of nitrogens with one attached hydrogen (secondary N) is 1. The minimum absolute atomic E-state index is 0.212. The van der Waals surface area contributed by atoms with Crippen LogP contribution in [-0.2, 0) is 4.79 Å². The predicted molar refractivity (Wildman–Crippen MR) is 84.4 cm³/mol. The van der Waals surface area contributed by atoms with E-state index in [1.165, 1.54) is 0 Å². The summed E-state index contributed by atoms with van der Waals surface area (Å²) in [5.74, 6) is -0.927. The first-order valence-electron chi connectivity index (χ1n) is 7.41. The summed E-state index contributed by atoms with van der Waals surface area (Å²) in [6.07, 6.45) is 0.886. The van der Waals surface area contributed by atoms with Crippen LogP contribution < -0.4 is 5.32 Å². The van der Waals surface area contributed by atoms with Crippen LogP contribution in [0.2, 0.25) is 0 Å². The monoisotopic (exact) mass is 301 g/mol. The van der Waals surface area contributed by atoms with Crippen molar-refractivity contribution in [3.8, 4) is 0 Å². The molecule has 6 heteroatoms. The van der Waals surface area contributed by atoms with Crippen LogP contribution in [0, 0.1) is 5.41 Å². The van der Waals surface area contributed by atoms with E-state index in [4.69, 9.17) is 0 Å². The number of nitrogens with zero attached hydrogens (tertiary/aromatic N) is 2. The van der Waals surface area contributed by atoms with Crippen LogP contribution in [0.15, 0.2) is 0 Å². The van der Waals surface area contributed by atoms with Crippen molar-refractivity contribution in [2.45, 2.75) is 46.6 Å². The molecule has 6 nitrogen and oxygen atoms in total. The van der Waals surface area contributed by atoms with E-state index in [1.54, 1.807) is 32.6 Å². The van der Waals surface area contributed by atoms with Gasteiger partial charge in [0.15, 0.2) is 0 Å². The molecular formula is C15H31N3O3.